The molecule has 12 heteroatoms. The molecule has 0 N–H and O–H groups in total. The second-order valence-corrected chi connectivity index (χ2v) is 8.57. The van der Waals surface area contributed by atoms with E-state index in [-0.39, 0.29) is 11.9 Å². The molecule has 32 heavy (non-hydrogen) atoms. The van der Waals surface area contributed by atoms with Crippen LogP contribution in [0, 0.1) is 0 Å². The maximum atomic E-state index is 13.2. The largest absolute Gasteiger partial charge is 0.435 e. The lowest BCUT2D eigenvalue weighted by atomic mass is 9.97. The number of hydrogen-bond donors (Lipinski definition) is 0. The van der Waals surface area contributed by atoms with Gasteiger partial charge in [0.25, 0.3) is 5.91 Å². The van der Waals surface area contributed by atoms with Crippen molar-refractivity contribution in [3.05, 3.63) is 46.5 Å². The molecule has 1 amide bonds. The molecular formula is C20H18F3N7OS. The van der Waals surface area contributed by atoms with Crippen molar-refractivity contribution in [2.24, 2.45) is 14.1 Å². The van der Waals surface area contributed by atoms with Crippen LogP contribution in [0.1, 0.15) is 40.4 Å². The van der Waals surface area contributed by atoms with Crippen molar-refractivity contribution < 1.29 is 18.0 Å². The van der Waals surface area contributed by atoms with Gasteiger partial charge in [0.15, 0.2) is 5.69 Å². The van der Waals surface area contributed by atoms with Crippen LogP contribution in [0.4, 0.5) is 13.2 Å². The van der Waals surface area contributed by atoms with Crippen molar-refractivity contribution in [1.82, 2.24) is 34.4 Å². The summed E-state index contributed by atoms with van der Waals surface area (Å²) in [6, 6.07) is 2.41. The molecule has 0 aromatic carbocycles. The Balaban J connectivity index is 1.50. The van der Waals surface area contributed by atoms with E-state index in [1.807, 2.05) is 6.92 Å². The minimum Gasteiger partial charge on any atom is -0.329 e. The van der Waals surface area contributed by atoms with E-state index in [2.05, 4.69) is 20.2 Å². The first-order chi connectivity index (χ1) is 15.1. The van der Waals surface area contributed by atoms with Crippen LogP contribution in [0.5, 0.6) is 0 Å². The molecule has 0 bridgehead atoms. The number of nitrogens with zero attached hydrogens (tertiary/aromatic N) is 7. The Bertz CT molecular complexity index is 1350. The smallest absolute Gasteiger partial charge is 0.329 e. The van der Waals surface area contributed by atoms with E-state index in [0.29, 0.717) is 35.7 Å². The van der Waals surface area contributed by atoms with Crippen molar-refractivity contribution in [1.29, 1.82) is 0 Å². The summed E-state index contributed by atoms with van der Waals surface area (Å²) in [6.45, 7) is 2.26. The fraction of sp³-hybridized carbons (Fsp3) is 0.350. The van der Waals surface area contributed by atoms with Gasteiger partial charge in [0.05, 0.1) is 45.0 Å². The predicted molar refractivity (Wildman–Crippen MR) is 111 cm³/mol. The van der Waals surface area contributed by atoms with Crippen LogP contribution in [-0.4, -0.2) is 46.9 Å². The molecule has 1 aliphatic rings. The number of pyridine rings is 1. The minimum atomic E-state index is -4.53. The Labute approximate surface area is 184 Å². The zero-order valence-corrected chi connectivity index (χ0v) is 18.2. The van der Waals surface area contributed by atoms with Gasteiger partial charge in [0.1, 0.15) is 5.69 Å². The Kier molecular flexibility index (Phi) is 4.59. The van der Waals surface area contributed by atoms with Gasteiger partial charge in [-0.25, -0.2) is 9.97 Å². The molecule has 0 spiro atoms. The molecule has 0 unspecified atom stereocenters. The summed E-state index contributed by atoms with van der Waals surface area (Å²) in [5, 5.41) is 8.18. The summed E-state index contributed by atoms with van der Waals surface area (Å²) < 4.78 is 43.1. The van der Waals surface area contributed by atoms with Crippen LogP contribution in [-0.2, 0) is 26.7 Å². The minimum absolute atomic E-state index is 0.217. The van der Waals surface area contributed by atoms with Crippen molar-refractivity contribution in [3.63, 3.8) is 0 Å². The lowest BCUT2D eigenvalue weighted by Gasteiger charge is -2.32. The van der Waals surface area contributed by atoms with E-state index in [1.165, 1.54) is 23.1 Å². The normalized spacial score (nSPS) is 16.6. The molecule has 0 saturated carbocycles. The molecule has 1 aliphatic heterocycles. The zero-order valence-electron chi connectivity index (χ0n) is 17.4. The summed E-state index contributed by atoms with van der Waals surface area (Å²) >= 11 is 1.44. The Morgan fingerprint density at radius 1 is 1.16 bits per heavy atom. The molecule has 0 saturated heterocycles. The highest BCUT2D eigenvalue weighted by Gasteiger charge is 2.37. The summed E-state index contributed by atoms with van der Waals surface area (Å²) in [5.41, 5.74) is 4.22. The number of carbonyl (C=O) groups excluding carboxylic acids is 1. The molecule has 5 heterocycles. The fourth-order valence-electron chi connectivity index (χ4n) is 4.19. The SMILES string of the molecule is C[C@H]1c2nn(C)c(-c3cc(C(F)(F)F)nn3C)c2CCN1C(=O)c1cc2scnc2cn1. The predicted octanol–water partition coefficient (Wildman–Crippen LogP) is 3.60. The quantitative estimate of drug-likeness (QED) is 0.456. The first kappa shape index (κ1) is 20.6. The topological polar surface area (TPSA) is 81.7 Å². The van der Waals surface area contributed by atoms with E-state index in [0.717, 1.165) is 21.8 Å². The van der Waals surface area contributed by atoms with E-state index in [1.54, 1.807) is 34.4 Å². The zero-order chi connectivity index (χ0) is 22.8. The number of halogens is 3. The van der Waals surface area contributed by atoms with E-state index in [4.69, 9.17) is 0 Å². The van der Waals surface area contributed by atoms with Gasteiger partial charge in [0.2, 0.25) is 0 Å². The van der Waals surface area contributed by atoms with Gasteiger partial charge in [0, 0.05) is 26.2 Å². The molecule has 5 rings (SSSR count). The number of fused-ring (bicyclic) bond motifs is 2. The lowest BCUT2D eigenvalue weighted by Crippen LogP contribution is -2.39. The first-order valence-corrected chi connectivity index (χ1v) is 10.7. The standard InChI is InChI=1S/C20H18F3N7OS/c1-10-17-11(18(29(3)27-17)14-7-16(20(21,22)23)26-28(14)2)4-5-30(10)19(31)12-6-15-13(8-24-12)25-9-32-15/h6-10H,4-5H2,1-3H3/t10-/m0/s1. The number of rotatable bonds is 2. The highest BCUT2D eigenvalue weighted by atomic mass is 32.1. The number of thiazole rings is 1. The molecule has 1 atom stereocenters. The van der Waals surface area contributed by atoms with Gasteiger partial charge in [-0.15, -0.1) is 11.3 Å². The van der Waals surface area contributed by atoms with Gasteiger partial charge in [-0.2, -0.15) is 23.4 Å². The number of amides is 1. The molecule has 0 fully saturated rings. The van der Waals surface area contributed by atoms with Crippen molar-refractivity contribution >= 4 is 27.5 Å². The van der Waals surface area contributed by atoms with Crippen LogP contribution in [0.2, 0.25) is 0 Å². The summed E-state index contributed by atoms with van der Waals surface area (Å²) in [6.07, 6.45) is -2.49. The number of aromatic nitrogens is 6. The van der Waals surface area contributed by atoms with E-state index >= 15 is 0 Å². The monoisotopic (exact) mass is 461 g/mol. The summed E-state index contributed by atoms with van der Waals surface area (Å²) in [5.74, 6) is -0.217. The highest BCUT2D eigenvalue weighted by molar-refractivity contribution is 7.16. The summed E-state index contributed by atoms with van der Waals surface area (Å²) in [7, 11) is 3.17. The van der Waals surface area contributed by atoms with Crippen LogP contribution >= 0.6 is 11.3 Å². The van der Waals surface area contributed by atoms with Gasteiger partial charge in [-0.1, -0.05) is 0 Å². The Morgan fingerprint density at radius 3 is 2.66 bits per heavy atom. The van der Waals surface area contributed by atoms with Crippen LogP contribution in [0.25, 0.3) is 21.6 Å². The second kappa shape index (κ2) is 7.12. The van der Waals surface area contributed by atoms with Crippen molar-refractivity contribution in [2.45, 2.75) is 25.6 Å². The van der Waals surface area contributed by atoms with Crippen LogP contribution in [0.15, 0.2) is 23.8 Å². The van der Waals surface area contributed by atoms with Gasteiger partial charge in [-0.05, 0) is 25.5 Å². The molecule has 0 aliphatic carbocycles. The second-order valence-electron chi connectivity index (χ2n) is 7.69. The van der Waals surface area contributed by atoms with Crippen molar-refractivity contribution in [2.75, 3.05) is 6.54 Å². The van der Waals surface area contributed by atoms with Gasteiger partial charge in [-0.3, -0.25) is 14.2 Å². The van der Waals surface area contributed by atoms with E-state index in [9.17, 15) is 18.0 Å². The van der Waals surface area contributed by atoms with Crippen LogP contribution < -0.4 is 0 Å². The molecule has 8 nitrogen and oxygen atoms in total. The maximum absolute atomic E-state index is 13.2. The third-order valence-corrected chi connectivity index (χ3v) is 6.54. The molecule has 4 aromatic rings. The number of carbonyl (C=O) groups is 1. The van der Waals surface area contributed by atoms with E-state index < -0.39 is 11.9 Å². The molecular weight excluding hydrogens is 443 g/mol. The fourth-order valence-corrected chi connectivity index (χ4v) is 4.88. The Hall–Kier alpha value is -3.28. The highest BCUT2D eigenvalue weighted by Crippen LogP contribution is 2.38. The number of hydrogen-bond acceptors (Lipinski definition) is 6. The van der Waals surface area contributed by atoms with Gasteiger partial charge >= 0.3 is 6.18 Å². The van der Waals surface area contributed by atoms with Crippen molar-refractivity contribution in [3.8, 4) is 11.4 Å². The average molecular weight is 461 g/mol. The Morgan fingerprint density at radius 2 is 1.94 bits per heavy atom. The summed E-state index contributed by atoms with van der Waals surface area (Å²) in [4.78, 5) is 23.3. The van der Waals surface area contributed by atoms with Gasteiger partial charge < -0.3 is 4.90 Å². The lowest BCUT2D eigenvalue weighted by molar-refractivity contribution is -0.141. The average Bonchev–Trinajstić information content (AvgIpc) is 3.43. The third kappa shape index (κ3) is 3.17. The molecule has 4 aromatic heterocycles. The number of aryl methyl sites for hydroxylation is 2. The molecule has 0 radical (unpaired) electrons. The number of alkyl halides is 3. The third-order valence-electron chi connectivity index (χ3n) is 5.75. The first-order valence-electron chi connectivity index (χ1n) is 9.82. The van der Waals surface area contributed by atoms with Crippen LogP contribution in [0.3, 0.4) is 0 Å². The maximum Gasteiger partial charge on any atom is 0.435 e. The molecule has 166 valence electrons.